The first-order valence-corrected chi connectivity index (χ1v) is 4.61. The zero-order chi connectivity index (χ0) is 10.8. The minimum atomic E-state index is -0.968. The SMILES string of the molecule is Cc1ccc(C(O)c2cn[nH]c2)c(F)c1. The first kappa shape index (κ1) is 9.86. The highest BCUT2D eigenvalue weighted by Gasteiger charge is 2.15. The quantitative estimate of drug-likeness (QED) is 0.788. The van der Waals surface area contributed by atoms with Crippen LogP contribution in [0.15, 0.2) is 30.6 Å². The second-order valence-corrected chi connectivity index (χ2v) is 3.46. The monoisotopic (exact) mass is 206 g/mol. The molecule has 1 aromatic heterocycles. The molecular formula is C11H11FN2O. The zero-order valence-corrected chi connectivity index (χ0v) is 8.24. The summed E-state index contributed by atoms with van der Waals surface area (Å²) in [7, 11) is 0. The van der Waals surface area contributed by atoms with Crippen LogP contribution in [0.4, 0.5) is 4.39 Å². The van der Waals surface area contributed by atoms with E-state index in [9.17, 15) is 9.50 Å². The average Bonchev–Trinajstić information content (AvgIpc) is 2.69. The number of aliphatic hydroxyl groups is 1. The van der Waals surface area contributed by atoms with E-state index in [1.165, 1.54) is 12.3 Å². The predicted molar refractivity (Wildman–Crippen MR) is 53.8 cm³/mol. The number of nitrogens with zero attached hydrogens (tertiary/aromatic N) is 1. The molecule has 1 atom stereocenters. The van der Waals surface area contributed by atoms with Crippen LogP contribution in [-0.4, -0.2) is 15.3 Å². The minimum absolute atomic E-state index is 0.266. The molecule has 1 unspecified atom stereocenters. The lowest BCUT2D eigenvalue weighted by atomic mass is 10.0. The van der Waals surface area contributed by atoms with E-state index in [4.69, 9.17) is 0 Å². The van der Waals surface area contributed by atoms with Crippen LogP contribution in [0.1, 0.15) is 22.8 Å². The molecule has 0 fully saturated rings. The molecule has 4 heteroatoms. The second-order valence-electron chi connectivity index (χ2n) is 3.46. The summed E-state index contributed by atoms with van der Waals surface area (Å²) in [4.78, 5) is 0. The summed E-state index contributed by atoms with van der Waals surface area (Å²) in [6.45, 7) is 1.80. The van der Waals surface area contributed by atoms with Crippen molar-refractivity contribution < 1.29 is 9.50 Å². The van der Waals surface area contributed by atoms with Crippen molar-refractivity contribution in [3.63, 3.8) is 0 Å². The molecule has 1 aromatic carbocycles. The Morgan fingerprint density at radius 2 is 2.27 bits per heavy atom. The Bertz CT molecular complexity index is 454. The highest BCUT2D eigenvalue weighted by Crippen LogP contribution is 2.23. The van der Waals surface area contributed by atoms with Gasteiger partial charge in [-0.25, -0.2) is 4.39 Å². The summed E-state index contributed by atoms with van der Waals surface area (Å²) < 4.78 is 13.5. The summed E-state index contributed by atoms with van der Waals surface area (Å²) in [5, 5.41) is 16.1. The van der Waals surface area contributed by atoms with E-state index < -0.39 is 11.9 Å². The normalized spacial score (nSPS) is 12.7. The molecule has 0 aliphatic rings. The highest BCUT2D eigenvalue weighted by molar-refractivity contribution is 5.30. The molecular weight excluding hydrogens is 195 g/mol. The van der Waals surface area contributed by atoms with Gasteiger partial charge in [0.15, 0.2) is 0 Å². The third-order valence-electron chi connectivity index (χ3n) is 2.29. The first-order chi connectivity index (χ1) is 7.18. The van der Waals surface area contributed by atoms with Crippen LogP contribution in [0, 0.1) is 12.7 Å². The number of H-pyrrole nitrogens is 1. The Hall–Kier alpha value is -1.68. The largest absolute Gasteiger partial charge is 0.383 e. The molecule has 0 saturated heterocycles. The molecule has 2 rings (SSSR count). The van der Waals surface area contributed by atoms with Gasteiger partial charge in [0.1, 0.15) is 11.9 Å². The molecule has 0 spiro atoms. The summed E-state index contributed by atoms with van der Waals surface area (Å²) in [6, 6.07) is 4.75. The van der Waals surface area contributed by atoms with Crippen molar-refractivity contribution in [2.75, 3.05) is 0 Å². The lowest BCUT2D eigenvalue weighted by molar-refractivity contribution is 0.215. The van der Waals surface area contributed by atoms with Crippen LogP contribution < -0.4 is 0 Å². The van der Waals surface area contributed by atoms with E-state index >= 15 is 0 Å². The van der Waals surface area contributed by atoms with Crippen molar-refractivity contribution in [2.24, 2.45) is 0 Å². The molecule has 0 bridgehead atoms. The smallest absolute Gasteiger partial charge is 0.129 e. The highest BCUT2D eigenvalue weighted by atomic mass is 19.1. The van der Waals surface area contributed by atoms with Crippen molar-refractivity contribution in [3.05, 3.63) is 53.1 Å². The molecule has 0 aliphatic carbocycles. The summed E-state index contributed by atoms with van der Waals surface area (Å²) >= 11 is 0. The van der Waals surface area contributed by atoms with Crippen LogP contribution in [0.5, 0.6) is 0 Å². The minimum Gasteiger partial charge on any atom is -0.383 e. The van der Waals surface area contributed by atoms with Gasteiger partial charge in [0, 0.05) is 17.3 Å². The second kappa shape index (κ2) is 3.82. The van der Waals surface area contributed by atoms with Gasteiger partial charge in [0.05, 0.1) is 6.20 Å². The molecule has 78 valence electrons. The number of aromatic nitrogens is 2. The molecule has 15 heavy (non-hydrogen) atoms. The molecule has 3 nitrogen and oxygen atoms in total. The standard InChI is InChI=1S/C11H11FN2O/c1-7-2-3-9(10(12)4-7)11(15)8-5-13-14-6-8/h2-6,11,15H,1H3,(H,13,14). The van der Waals surface area contributed by atoms with E-state index in [1.807, 2.05) is 0 Å². The fraction of sp³-hybridized carbons (Fsp3) is 0.182. The topological polar surface area (TPSA) is 48.9 Å². The third-order valence-corrected chi connectivity index (χ3v) is 2.29. The molecule has 0 amide bonds. The van der Waals surface area contributed by atoms with E-state index in [1.54, 1.807) is 25.3 Å². The number of aryl methyl sites for hydroxylation is 1. The number of aromatic amines is 1. The van der Waals surface area contributed by atoms with E-state index in [0.717, 1.165) is 5.56 Å². The Labute approximate surface area is 86.6 Å². The van der Waals surface area contributed by atoms with Crippen molar-refractivity contribution >= 4 is 0 Å². The van der Waals surface area contributed by atoms with Gasteiger partial charge in [0.25, 0.3) is 0 Å². The molecule has 0 radical (unpaired) electrons. The van der Waals surface area contributed by atoms with Crippen LogP contribution in [0.25, 0.3) is 0 Å². The number of halogens is 1. The third kappa shape index (κ3) is 1.89. The molecule has 2 aromatic rings. The lowest BCUT2D eigenvalue weighted by Crippen LogP contribution is -2.01. The maximum absolute atomic E-state index is 13.5. The van der Waals surface area contributed by atoms with Gasteiger partial charge < -0.3 is 5.11 Å². The Morgan fingerprint density at radius 1 is 1.47 bits per heavy atom. The maximum Gasteiger partial charge on any atom is 0.129 e. The van der Waals surface area contributed by atoms with Gasteiger partial charge in [-0.1, -0.05) is 12.1 Å². The van der Waals surface area contributed by atoms with Gasteiger partial charge in [-0.3, -0.25) is 5.10 Å². The Kier molecular flexibility index (Phi) is 2.51. The summed E-state index contributed by atoms with van der Waals surface area (Å²) in [5.41, 5.74) is 1.65. The first-order valence-electron chi connectivity index (χ1n) is 4.61. The lowest BCUT2D eigenvalue weighted by Gasteiger charge is -2.10. The average molecular weight is 206 g/mol. The maximum atomic E-state index is 13.5. The van der Waals surface area contributed by atoms with Crippen LogP contribution in [0.3, 0.4) is 0 Å². The van der Waals surface area contributed by atoms with Crippen molar-refractivity contribution in [1.29, 1.82) is 0 Å². The van der Waals surface area contributed by atoms with E-state index in [0.29, 0.717) is 5.56 Å². The van der Waals surface area contributed by atoms with E-state index in [-0.39, 0.29) is 5.56 Å². The van der Waals surface area contributed by atoms with Crippen molar-refractivity contribution in [3.8, 4) is 0 Å². The molecule has 1 heterocycles. The van der Waals surface area contributed by atoms with Gasteiger partial charge in [0.2, 0.25) is 0 Å². The predicted octanol–water partition coefficient (Wildman–Crippen LogP) is 1.94. The number of hydrogen-bond donors (Lipinski definition) is 2. The molecule has 0 saturated carbocycles. The van der Waals surface area contributed by atoms with Crippen LogP contribution in [-0.2, 0) is 0 Å². The summed E-state index contributed by atoms with van der Waals surface area (Å²) in [6.07, 6.45) is 2.05. The Balaban J connectivity index is 2.38. The van der Waals surface area contributed by atoms with Crippen LogP contribution in [0.2, 0.25) is 0 Å². The van der Waals surface area contributed by atoms with Gasteiger partial charge in [-0.05, 0) is 18.6 Å². The fourth-order valence-electron chi connectivity index (χ4n) is 1.44. The number of rotatable bonds is 2. The molecule has 2 N–H and O–H groups in total. The van der Waals surface area contributed by atoms with Gasteiger partial charge >= 0.3 is 0 Å². The number of aliphatic hydroxyl groups excluding tert-OH is 1. The van der Waals surface area contributed by atoms with Crippen molar-refractivity contribution in [1.82, 2.24) is 10.2 Å². The van der Waals surface area contributed by atoms with Gasteiger partial charge in [-0.15, -0.1) is 0 Å². The number of nitrogens with one attached hydrogen (secondary N) is 1. The van der Waals surface area contributed by atoms with Crippen molar-refractivity contribution in [2.45, 2.75) is 13.0 Å². The van der Waals surface area contributed by atoms with E-state index in [2.05, 4.69) is 10.2 Å². The number of hydrogen-bond acceptors (Lipinski definition) is 2. The number of benzene rings is 1. The van der Waals surface area contributed by atoms with Gasteiger partial charge in [-0.2, -0.15) is 5.10 Å². The summed E-state index contributed by atoms with van der Waals surface area (Å²) in [5.74, 6) is -0.399. The van der Waals surface area contributed by atoms with Crippen LogP contribution >= 0.6 is 0 Å². The fourth-order valence-corrected chi connectivity index (χ4v) is 1.44. The Morgan fingerprint density at radius 3 is 2.87 bits per heavy atom. The zero-order valence-electron chi connectivity index (χ0n) is 8.24. The molecule has 0 aliphatic heterocycles.